The third-order valence-electron chi connectivity index (χ3n) is 4.31. The summed E-state index contributed by atoms with van der Waals surface area (Å²) in [6, 6.07) is 11.1. The summed E-state index contributed by atoms with van der Waals surface area (Å²) < 4.78 is 0. The number of rotatable bonds is 5. The van der Waals surface area contributed by atoms with Crippen molar-refractivity contribution in [1.82, 2.24) is 10.3 Å². The van der Waals surface area contributed by atoms with Gasteiger partial charge in [0.1, 0.15) is 0 Å². The highest BCUT2D eigenvalue weighted by molar-refractivity contribution is 5.82. The number of para-hydroxylation sites is 1. The zero-order chi connectivity index (χ0) is 13.2. The fourth-order valence-electron chi connectivity index (χ4n) is 3.07. The van der Waals surface area contributed by atoms with Gasteiger partial charge in [-0.15, -0.1) is 0 Å². The van der Waals surface area contributed by atoms with Crippen LogP contribution >= 0.6 is 0 Å². The van der Waals surface area contributed by atoms with Crippen LogP contribution in [0.3, 0.4) is 0 Å². The zero-order valence-corrected chi connectivity index (χ0v) is 11.8. The van der Waals surface area contributed by atoms with E-state index >= 15 is 0 Å². The Kier molecular flexibility index (Phi) is 3.52. The average Bonchev–Trinajstić information content (AvgIpc) is 3.28. The van der Waals surface area contributed by atoms with E-state index in [0.717, 1.165) is 18.0 Å². The van der Waals surface area contributed by atoms with Gasteiger partial charge in [-0.25, -0.2) is 0 Å². The van der Waals surface area contributed by atoms with Gasteiger partial charge in [0.15, 0.2) is 0 Å². The van der Waals surface area contributed by atoms with Crippen molar-refractivity contribution in [2.75, 3.05) is 6.54 Å². The number of hydrogen-bond donors (Lipinski definition) is 1. The second kappa shape index (κ2) is 5.30. The molecule has 2 atom stereocenters. The summed E-state index contributed by atoms with van der Waals surface area (Å²) >= 11 is 0. The number of nitrogens with one attached hydrogen (secondary N) is 1. The van der Waals surface area contributed by atoms with E-state index in [9.17, 15) is 0 Å². The van der Waals surface area contributed by atoms with Crippen molar-refractivity contribution in [1.29, 1.82) is 0 Å². The number of fused-ring (bicyclic) bond motifs is 1. The van der Waals surface area contributed by atoms with E-state index in [2.05, 4.69) is 48.4 Å². The monoisotopic (exact) mass is 254 g/mol. The lowest BCUT2D eigenvalue weighted by Gasteiger charge is -2.26. The third-order valence-corrected chi connectivity index (χ3v) is 4.31. The normalized spacial score (nSPS) is 18.4. The standard InChI is InChI=1S/C17H22N2/c1-3-18-16(12(2)13-9-10-13)15-8-4-6-14-7-5-11-19-17(14)15/h4-8,11-13,16,18H,3,9-10H2,1-2H3. The summed E-state index contributed by atoms with van der Waals surface area (Å²) in [5.41, 5.74) is 2.52. The molecule has 0 bridgehead atoms. The number of nitrogens with zero attached hydrogens (tertiary/aromatic N) is 1. The first-order valence-corrected chi connectivity index (χ1v) is 7.38. The first-order valence-electron chi connectivity index (χ1n) is 7.38. The van der Waals surface area contributed by atoms with Gasteiger partial charge >= 0.3 is 0 Å². The predicted octanol–water partition coefficient (Wildman–Crippen LogP) is 3.93. The quantitative estimate of drug-likeness (QED) is 0.874. The Morgan fingerprint density at radius 2 is 2.05 bits per heavy atom. The SMILES string of the molecule is CCNC(c1cccc2cccnc12)C(C)C1CC1. The molecule has 1 saturated carbocycles. The van der Waals surface area contributed by atoms with E-state index in [1.54, 1.807) is 0 Å². The summed E-state index contributed by atoms with van der Waals surface area (Å²) in [5.74, 6) is 1.58. The van der Waals surface area contributed by atoms with Gasteiger partial charge in [-0.05, 0) is 42.9 Å². The summed E-state index contributed by atoms with van der Waals surface area (Å²) in [6.45, 7) is 5.57. The number of benzene rings is 1. The first kappa shape index (κ1) is 12.6. The molecule has 19 heavy (non-hydrogen) atoms. The molecule has 2 unspecified atom stereocenters. The summed E-state index contributed by atoms with van der Waals surface area (Å²) in [4.78, 5) is 4.61. The van der Waals surface area contributed by atoms with Crippen LogP contribution in [-0.2, 0) is 0 Å². The highest BCUT2D eigenvalue weighted by Gasteiger charge is 2.34. The van der Waals surface area contributed by atoms with Crippen LogP contribution in [0.2, 0.25) is 0 Å². The lowest BCUT2D eigenvalue weighted by molar-refractivity contribution is 0.357. The van der Waals surface area contributed by atoms with Gasteiger partial charge in [-0.2, -0.15) is 0 Å². The Balaban J connectivity index is 2.03. The van der Waals surface area contributed by atoms with Crippen molar-refractivity contribution in [3.8, 4) is 0 Å². The number of pyridine rings is 1. The minimum absolute atomic E-state index is 0.427. The van der Waals surface area contributed by atoms with Gasteiger partial charge in [0.05, 0.1) is 5.52 Å². The van der Waals surface area contributed by atoms with Crippen molar-refractivity contribution in [3.05, 3.63) is 42.1 Å². The van der Waals surface area contributed by atoms with E-state index < -0.39 is 0 Å². The van der Waals surface area contributed by atoms with E-state index in [0.29, 0.717) is 12.0 Å². The Labute approximate surface area is 115 Å². The van der Waals surface area contributed by atoms with Gasteiger partial charge in [-0.1, -0.05) is 38.1 Å². The van der Waals surface area contributed by atoms with Crippen molar-refractivity contribution < 1.29 is 0 Å². The number of aromatic nitrogens is 1. The van der Waals surface area contributed by atoms with Gasteiger partial charge in [0, 0.05) is 17.6 Å². The van der Waals surface area contributed by atoms with Crippen LogP contribution < -0.4 is 5.32 Å². The Bertz CT molecular complexity index is 555. The molecule has 2 heteroatoms. The molecule has 0 radical (unpaired) electrons. The maximum absolute atomic E-state index is 4.61. The largest absolute Gasteiger partial charge is 0.310 e. The van der Waals surface area contributed by atoms with Crippen LogP contribution in [0.5, 0.6) is 0 Å². The van der Waals surface area contributed by atoms with Crippen molar-refractivity contribution in [2.24, 2.45) is 11.8 Å². The van der Waals surface area contributed by atoms with Crippen LogP contribution in [-0.4, -0.2) is 11.5 Å². The predicted molar refractivity (Wildman–Crippen MR) is 80.0 cm³/mol. The van der Waals surface area contributed by atoms with Crippen LogP contribution in [0.4, 0.5) is 0 Å². The lowest BCUT2D eigenvalue weighted by atomic mass is 9.89. The second-order valence-corrected chi connectivity index (χ2v) is 5.65. The molecule has 1 aliphatic rings. The minimum atomic E-state index is 0.427. The molecule has 1 fully saturated rings. The van der Waals surface area contributed by atoms with Gasteiger partial charge in [-0.3, -0.25) is 4.98 Å². The van der Waals surface area contributed by atoms with Crippen molar-refractivity contribution >= 4 is 10.9 Å². The Morgan fingerprint density at radius 3 is 2.79 bits per heavy atom. The van der Waals surface area contributed by atoms with E-state index in [1.807, 2.05) is 12.3 Å². The molecule has 0 aliphatic heterocycles. The molecular formula is C17H22N2. The van der Waals surface area contributed by atoms with Crippen molar-refractivity contribution in [3.63, 3.8) is 0 Å². The van der Waals surface area contributed by atoms with Gasteiger partial charge < -0.3 is 5.32 Å². The maximum Gasteiger partial charge on any atom is 0.0749 e. The van der Waals surface area contributed by atoms with E-state index in [4.69, 9.17) is 0 Å². The second-order valence-electron chi connectivity index (χ2n) is 5.65. The molecule has 2 aromatic rings. The zero-order valence-electron chi connectivity index (χ0n) is 11.8. The lowest BCUT2D eigenvalue weighted by Crippen LogP contribution is -2.28. The number of hydrogen-bond acceptors (Lipinski definition) is 2. The molecule has 0 spiro atoms. The molecule has 1 heterocycles. The molecule has 100 valence electrons. The van der Waals surface area contributed by atoms with Crippen molar-refractivity contribution in [2.45, 2.75) is 32.7 Å². The molecule has 0 saturated heterocycles. The minimum Gasteiger partial charge on any atom is -0.310 e. The van der Waals surface area contributed by atoms with Crippen LogP contribution in [0.25, 0.3) is 10.9 Å². The van der Waals surface area contributed by atoms with E-state index in [1.165, 1.54) is 23.8 Å². The highest BCUT2D eigenvalue weighted by atomic mass is 14.9. The van der Waals surface area contributed by atoms with Gasteiger partial charge in [0.25, 0.3) is 0 Å². The summed E-state index contributed by atoms with van der Waals surface area (Å²) in [6.07, 6.45) is 4.68. The topological polar surface area (TPSA) is 24.9 Å². The molecule has 0 amide bonds. The molecule has 2 nitrogen and oxygen atoms in total. The first-order chi connectivity index (χ1) is 9.31. The molecule has 1 aliphatic carbocycles. The molecular weight excluding hydrogens is 232 g/mol. The fourth-order valence-corrected chi connectivity index (χ4v) is 3.07. The highest BCUT2D eigenvalue weighted by Crippen LogP contribution is 2.43. The Morgan fingerprint density at radius 1 is 1.26 bits per heavy atom. The third kappa shape index (κ3) is 2.50. The molecule has 1 aromatic carbocycles. The van der Waals surface area contributed by atoms with Crippen LogP contribution in [0.1, 0.15) is 38.3 Å². The summed E-state index contributed by atoms with van der Waals surface area (Å²) in [7, 11) is 0. The maximum atomic E-state index is 4.61. The molecule has 1 N–H and O–H groups in total. The summed E-state index contributed by atoms with van der Waals surface area (Å²) in [5, 5.41) is 4.91. The fraction of sp³-hybridized carbons (Fsp3) is 0.471. The van der Waals surface area contributed by atoms with E-state index in [-0.39, 0.29) is 0 Å². The molecule has 3 rings (SSSR count). The average molecular weight is 254 g/mol. The molecule has 1 aromatic heterocycles. The smallest absolute Gasteiger partial charge is 0.0749 e. The van der Waals surface area contributed by atoms with Crippen LogP contribution in [0, 0.1) is 11.8 Å². The Hall–Kier alpha value is -1.41. The van der Waals surface area contributed by atoms with Crippen LogP contribution in [0.15, 0.2) is 36.5 Å². The van der Waals surface area contributed by atoms with Gasteiger partial charge in [0.2, 0.25) is 0 Å².